The lowest BCUT2D eigenvalue weighted by Gasteiger charge is -2.37. The fourth-order valence-corrected chi connectivity index (χ4v) is 10.7. The van der Waals surface area contributed by atoms with Crippen molar-refractivity contribution in [3.05, 3.63) is 142 Å². The molecule has 0 N–H and O–H groups in total. The van der Waals surface area contributed by atoms with Crippen molar-refractivity contribution in [3.63, 3.8) is 0 Å². The van der Waals surface area contributed by atoms with Gasteiger partial charge in [-0.15, -0.1) is 0 Å². The van der Waals surface area contributed by atoms with Gasteiger partial charge in [0, 0.05) is 45.1 Å². The maximum absolute atomic E-state index is 14.8. The molecule has 4 aliphatic rings. The van der Waals surface area contributed by atoms with Crippen LogP contribution in [-0.2, 0) is 0 Å². The first-order chi connectivity index (χ1) is 28.5. The highest BCUT2D eigenvalue weighted by atomic mass is 16.2. The molecule has 2 saturated carbocycles. The van der Waals surface area contributed by atoms with Crippen molar-refractivity contribution in [3.8, 4) is 0 Å². The molecule has 58 heavy (non-hydrogen) atoms. The molecule has 0 bridgehead atoms. The Hall–Kier alpha value is -6.40. The molecule has 4 amide bonds. The summed E-state index contributed by atoms with van der Waals surface area (Å²) in [6.07, 6.45) is 17.8. The minimum Gasteiger partial charge on any atom is -0.271 e. The van der Waals surface area contributed by atoms with Gasteiger partial charge in [-0.2, -0.15) is 0 Å². The van der Waals surface area contributed by atoms with Crippen LogP contribution in [0, 0.1) is 0 Å². The number of hydrogen-bond donors (Lipinski definition) is 0. The van der Waals surface area contributed by atoms with Crippen LogP contribution in [0.25, 0.3) is 67.4 Å². The van der Waals surface area contributed by atoms with Crippen LogP contribution < -0.4 is 0 Å². The van der Waals surface area contributed by atoms with Gasteiger partial charge >= 0.3 is 0 Å². The first-order valence-corrected chi connectivity index (χ1v) is 21.0. The van der Waals surface area contributed by atoms with E-state index < -0.39 is 0 Å². The number of amides is 4. The molecule has 11 rings (SSSR count). The predicted molar refractivity (Wildman–Crippen MR) is 233 cm³/mol. The van der Waals surface area contributed by atoms with Crippen molar-refractivity contribution in [1.29, 1.82) is 0 Å². The maximum atomic E-state index is 14.8. The summed E-state index contributed by atoms with van der Waals surface area (Å²) < 4.78 is 0. The number of fused-ring (bicyclic) bond motifs is 2. The van der Waals surface area contributed by atoms with E-state index in [1.165, 1.54) is 0 Å². The SMILES string of the molecule is O=C1c2ccc3c4c(/C=C/c5ccccc5)cc5c6c(ccc(c7c(/C=C/c8ccccc8)cc(c2c37)C(=O)N1C1CCCCC1)c64)C(=O)N(C1CCCCC1)C5=O. The Kier molecular flexibility index (Phi) is 8.18. The Morgan fingerprint density at radius 1 is 0.379 bits per heavy atom. The lowest BCUT2D eigenvalue weighted by molar-refractivity contribution is 0.0487. The Morgan fingerprint density at radius 3 is 1.16 bits per heavy atom. The maximum Gasteiger partial charge on any atom is 0.261 e. The second-order valence-corrected chi connectivity index (χ2v) is 16.6. The molecule has 0 aromatic heterocycles. The van der Waals surface area contributed by atoms with Crippen LogP contribution in [0.2, 0.25) is 0 Å². The molecule has 6 nitrogen and oxygen atoms in total. The summed E-state index contributed by atoms with van der Waals surface area (Å²) in [6, 6.07) is 31.8. The number of benzene rings is 7. The summed E-state index contributed by atoms with van der Waals surface area (Å²) in [5.41, 5.74) is 5.90. The molecule has 0 spiro atoms. The van der Waals surface area contributed by atoms with Crippen molar-refractivity contribution >= 4 is 91.0 Å². The zero-order valence-electron chi connectivity index (χ0n) is 32.3. The van der Waals surface area contributed by atoms with Crippen LogP contribution in [-0.4, -0.2) is 45.5 Å². The summed E-state index contributed by atoms with van der Waals surface area (Å²) in [7, 11) is 0. The van der Waals surface area contributed by atoms with E-state index in [-0.39, 0.29) is 35.7 Å². The zero-order chi connectivity index (χ0) is 39.1. The van der Waals surface area contributed by atoms with E-state index in [1.807, 2.05) is 97.1 Å². The largest absolute Gasteiger partial charge is 0.271 e. The molecule has 0 unspecified atom stereocenters. The quantitative estimate of drug-likeness (QED) is 0.0732. The van der Waals surface area contributed by atoms with Gasteiger partial charge in [-0.3, -0.25) is 29.0 Å². The Bertz CT molecular complexity index is 2730. The first-order valence-electron chi connectivity index (χ1n) is 21.0. The van der Waals surface area contributed by atoms with Crippen LogP contribution in [0.1, 0.15) is 128 Å². The van der Waals surface area contributed by atoms with Crippen LogP contribution in [0.15, 0.2) is 97.1 Å². The standard InChI is InChI=1S/C52H42N2O4/c55-49-39-28-26-38-44-34(24-22-32-15-7-2-8-16-32)30-42-46-40(50(56)54(52(42)58)36-19-11-4-12-20-36)27-25-37(48(44)46)43-33(23-21-31-13-5-1-6-14-31)29-41(45(39)47(38)43)51(57)53(49)35-17-9-3-10-18-35/h1-2,5-8,13-16,21-30,35-36H,3-4,9-12,17-20H2/b23-21+,24-22+. The molecule has 0 atom stereocenters. The number of hydrogen-bond acceptors (Lipinski definition) is 4. The average Bonchev–Trinajstić information content (AvgIpc) is 3.27. The third-order valence-corrected chi connectivity index (χ3v) is 13.4. The molecule has 7 aromatic carbocycles. The summed E-state index contributed by atoms with van der Waals surface area (Å²) in [4.78, 5) is 61.8. The topological polar surface area (TPSA) is 74.8 Å². The molecule has 284 valence electrons. The van der Waals surface area contributed by atoms with Crippen molar-refractivity contribution in [2.75, 3.05) is 0 Å². The van der Waals surface area contributed by atoms with Crippen molar-refractivity contribution in [2.24, 2.45) is 0 Å². The Morgan fingerprint density at radius 2 is 0.759 bits per heavy atom. The molecular weight excluding hydrogens is 717 g/mol. The lowest BCUT2D eigenvalue weighted by Crippen LogP contribution is -2.48. The summed E-state index contributed by atoms with van der Waals surface area (Å²) >= 11 is 0. The molecule has 2 fully saturated rings. The van der Waals surface area contributed by atoms with Gasteiger partial charge in [-0.1, -0.05) is 136 Å². The van der Waals surface area contributed by atoms with Crippen molar-refractivity contribution in [2.45, 2.75) is 76.3 Å². The number of imide groups is 2. The van der Waals surface area contributed by atoms with Crippen molar-refractivity contribution in [1.82, 2.24) is 9.80 Å². The monoisotopic (exact) mass is 758 g/mol. The molecular formula is C52H42N2O4. The lowest BCUT2D eigenvalue weighted by atomic mass is 9.78. The van der Waals surface area contributed by atoms with Gasteiger partial charge in [0.15, 0.2) is 0 Å². The van der Waals surface area contributed by atoms with E-state index in [9.17, 15) is 19.2 Å². The Balaban J connectivity index is 1.25. The summed E-state index contributed by atoms with van der Waals surface area (Å²) in [5.74, 6) is -0.925. The first kappa shape index (κ1) is 34.8. The second kappa shape index (κ2) is 13.6. The van der Waals surface area contributed by atoms with Gasteiger partial charge in [0.2, 0.25) is 0 Å². The van der Waals surface area contributed by atoms with Crippen LogP contribution in [0.4, 0.5) is 0 Å². The zero-order valence-corrected chi connectivity index (χ0v) is 32.3. The van der Waals surface area contributed by atoms with E-state index >= 15 is 0 Å². The highest BCUT2D eigenvalue weighted by molar-refractivity contribution is 6.43. The van der Waals surface area contributed by atoms with E-state index in [2.05, 4.69) is 24.3 Å². The molecule has 7 aromatic rings. The van der Waals surface area contributed by atoms with Crippen LogP contribution in [0.5, 0.6) is 0 Å². The van der Waals surface area contributed by atoms with Crippen molar-refractivity contribution < 1.29 is 19.2 Å². The van der Waals surface area contributed by atoms with Gasteiger partial charge in [-0.05, 0) is 105 Å². The highest BCUT2D eigenvalue weighted by Crippen LogP contribution is 2.50. The average molecular weight is 759 g/mol. The third kappa shape index (κ3) is 5.23. The van der Waals surface area contributed by atoms with Gasteiger partial charge in [-0.25, -0.2) is 0 Å². The molecule has 0 radical (unpaired) electrons. The van der Waals surface area contributed by atoms with E-state index in [4.69, 9.17) is 0 Å². The Labute approximate surface area is 336 Å². The second-order valence-electron chi connectivity index (χ2n) is 16.6. The minimum atomic E-state index is -0.235. The number of rotatable bonds is 6. The van der Waals surface area contributed by atoms with E-state index in [1.54, 1.807) is 9.80 Å². The van der Waals surface area contributed by atoms with Crippen LogP contribution >= 0.6 is 0 Å². The van der Waals surface area contributed by atoms with E-state index in [0.29, 0.717) is 33.0 Å². The van der Waals surface area contributed by atoms with Crippen LogP contribution in [0.3, 0.4) is 0 Å². The molecule has 2 aliphatic carbocycles. The number of carbonyl (C=O) groups excluding carboxylic acids is 4. The van der Waals surface area contributed by atoms with Gasteiger partial charge in [0.1, 0.15) is 0 Å². The summed E-state index contributed by atoms with van der Waals surface area (Å²) in [5, 5.41) is 6.64. The van der Waals surface area contributed by atoms with Gasteiger partial charge in [0.05, 0.1) is 0 Å². The predicted octanol–water partition coefficient (Wildman–Crippen LogP) is 11.9. The molecule has 2 heterocycles. The molecule has 6 heteroatoms. The summed E-state index contributed by atoms with van der Waals surface area (Å²) in [6.45, 7) is 0. The number of nitrogens with zero attached hydrogens (tertiary/aromatic N) is 2. The molecule has 2 aliphatic heterocycles. The fourth-order valence-electron chi connectivity index (χ4n) is 10.7. The van der Waals surface area contributed by atoms with Gasteiger partial charge in [0.25, 0.3) is 23.6 Å². The minimum absolute atomic E-state index is 0.123. The van der Waals surface area contributed by atoms with E-state index in [0.717, 1.165) is 119 Å². The highest BCUT2D eigenvalue weighted by Gasteiger charge is 2.42. The normalized spacial score (nSPS) is 18.1. The number of carbonyl (C=O) groups is 4. The smallest absolute Gasteiger partial charge is 0.261 e. The molecule has 0 saturated heterocycles. The fraction of sp³-hybridized carbons (Fsp3) is 0.231. The third-order valence-electron chi connectivity index (χ3n) is 13.4. The van der Waals surface area contributed by atoms with Gasteiger partial charge < -0.3 is 0 Å².